The second-order valence-electron chi connectivity index (χ2n) is 6.89. The number of ether oxygens (including phenoxy) is 1. The Hall–Kier alpha value is -3.94. The van der Waals surface area contributed by atoms with Gasteiger partial charge >= 0.3 is 5.97 Å². The molecule has 1 atom stereocenters. The highest BCUT2D eigenvalue weighted by Gasteiger charge is 2.37. The molecule has 0 fully saturated rings. The minimum absolute atomic E-state index is 0.122. The Morgan fingerprint density at radius 1 is 1.07 bits per heavy atom. The lowest BCUT2D eigenvalue weighted by Gasteiger charge is -2.34. The van der Waals surface area contributed by atoms with Gasteiger partial charge in [-0.05, 0) is 29.3 Å². The summed E-state index contributed by atoms with van der Waals surface area (Å²) in [7, 11) is 0. The third kappa shape index (κ3) is 3.80. The van der Waals surface area contributed by atoms with Gasteiger partial charge in [0.1, 0.15) is 12.6 Å². The average molecular weight is 406 g/mol. The van der Waals surface area contributed by atoms with Crippen LogP contribution in [-0.2, 0) is 29.1 Å². The summed E-state index contributed by atoms with van der Waals surface area (Å²) in [6, 6.07) is 15.9. The molecule has 152 valence electrons. The van der Waals surface area contributed by atoms with E-state index in [1.807, 2.05) is 24.3 Å². The van der Waals surface area contributed by atoms with Crippen molar-refractivity contribution in [2.24, 2.45) is 0 Å². The van der Waals surface area contributed by atoms with E-state index in [1.165, 1.54) is 23.3 Å². The minimum atomic E-state index is -0.861. The fourth-order valence-corrected chi connectivity index (χ4v) is 3.54. The number of para-hydroxylation sites is 1. The van der Waals surface area contributed by atoms with Gasteiger partial charge in [-0.15, -0.1) is 0 Å². The largest absolute Gasteiger partial charge is 0.459 e. The first-order valence-electron chi connectivity index (χ1n) is 9.35. The van der Waals surface area contributed by atoms with E-state index in [2.05, 4.69) is 0 Å². The van der Waals surface area contributed by atoms with Crippen molar-refractivity contribution in [3.63, 3.8) is 0 Å². The van der Waals surface area contributed by atoms with Crippen LogP contribution in [0.3, 0.4) is 0 Å². The van der Waals surface area contributed by atoms with Crippen molar-refractivity contribution in [1.82, 2.24) is 4.90 Å². The summed E-state index contributed by atoms with van der Waals surface area (Å²) in [5.74, 6) is -0.907. The van der Waals surface area contributed by atoms with Crippen molar-refractivity contribution in [3.05, 3.63) is 99.5 Å². The number of nitrogens with zero attached hydrogens (tertiary/aromatic N) is 2. The van der Waals surface area contributed by atoms with Gasteiger partial charge in [0.2, 0.25) is 0 Å². The number of amides is 1. The molecular weight excluding hydrogens is 388 g/mol. The number of benzene rings is 2. The van der Waals surface area contributed by atoms with Gasteiger partial charge in [0, 0.05) is 19.0 Å². The highest BCUT2D eigenvalue weighted by Crippen LogP contribution is 2.27. The van der Waals surface area contributed by atoms with Gasteiger partial charge in [-0.2, -0.15) is 0 Å². The first kappa shape index (κ1) is 19.4. The molecule has 0 N–H and O–H groups in total. The van der Waals surface area contributed by atoms with Crippen LogP contribution in [0.1, 0.15) is 27.2 Å². The molecule has 8 nitrogen and oxygen atoms in total. The highest BCUT2D eigenvalue weighted by atomic mass is 16.6. The van der Waals surface area contributed by atoms with Crippen LogP contribution in [-0.4, -0.2) is 27.7 Å². The number of fused-ring (bicyclic) bond motifs is 1. The van der Waals surface area contributed by atoms with E-state index >= 15 is 0 Å². The van der Waals surface area contributed by atoms with Crippen molar-refractivity contribution in [3.8, 4) is 0 Å². The number of nitro benzene ring substituents is 1. The van der Waals surface area contributed by atoms with Crippen LogP contribution in [0.5, 0.6) is 0 Å². The lowest BCUT2D eigenvalue weighted by Crippen LogP contribution is -2.49. The van der Waals surface area contributed by atoms with E-state index < -0.39 is 22.8 Å². The Morgan fingerprint density at radius 2 is 1.80 bits per heavy atom. The molecular formula is C22H18N2O6. The van der Waals surface area contributed by atoms with Crippen molar-refractivity contribution in [2.75, 3.05) is 0 Å². The Balaban J connectivity index is 1.57. The van der Waals surface area contributed by atoms with Crippen molar-refractivity contribution in [1.29, 1.82) is 0 Å². The van der Waals surface area contributed by atoms with E-state index in [0.717, 1.165) is 11.1 Å². The van der Waals surface area contributed by atoms with Gasteiger partial charge < -0.3 is 14.1 Å². The molecule has 0 unspecified atom stereocenters. The van der Waals surface area contributed by atoms with Crippen LogP contribution in [0.15, 0.2) is 71.3 Å². The number of nitro groups is 1. The second-order valence-corrected chi connectivity index (χ2v) is 6.89. The summed E-state index contributed by atoms with van der Waals surface area (Å²) in [4.78, 5) is 37.9. The molecule has 30 heavy (non-hydrogen) atoms. The average Bonchev–Trinajstić information content (AvgIpc) is 3.31. The highest BCUT2D eigenvalue weighted by molar-refractivity contribution is 5.95. The maximum Gasteiger partial charge on any atom is 0.329 e. The Labute approximate surface area is 171 Å². The molecule has 0 saturated carbocycles. The number of carbonyl (C=O) groups is 2. The van der Waals surface area contributed by atoms with E-state index in [4.69, 9.17) is 9.15 Å². The van der Waals surface area contributed by atoms with Gasteiger partial charge in [0.15, 0.2) is 5.76 Å². The second kappa shape index (κ2) is 8.20. The van der Waals surface area contributed by atoms with E-state index in [9.17, 15) is 19.7 Å². The lowest BCUT2D eigenvalue weighted by molar-refractivity contribution is -0.385. The first-order valence-corrected chi connectivity index (χ1v) is 9.35. The molecule has 8 heteroatoms. The molecule has 0 bridgehead atoms. The van der Waals surface area contributed by atoms with E-state index in [0.29, 0.717) is 6.42 Å². The minimum Gasteiger partial charge on any atom is -0.459 e. The maximum absolute atomic E-state index is 12.9. The summed E-state index contributed by atoms with van der Waals surface area (Å²) in [6.45, 7) is -0.0160. The number of carbonyl (C=O) groups excluding carboxylic acids is 2. The van der Waals surface area contributed by atoms with E-state index in [1.54, 1.807) is 24.3 Å². The third-order valence-electron chi connectivity index (χ3n) is 5.07. The predicted octanol–water partition coefficient (Wildman–Crippen LogP) is 3.50. The topological polar surface area (TPSA) is 103 Å². The Morgan fingerprint density at radius 3 is 2.53 bits per heavy atom. The summed E-state index contributed by atoms with van der Waals surface area (Å²) >= 11 is 0. The summed E-state index contributed by atoms with van der Waals surface area (Å²) < 4.78 is 10.6. The summed E-state index contributed by atoms with van der Waals surface area (Å²) in [5, 5.41) is 11.2. The summed E-state index contributed by atoms with van der Waals surface area (Å²) in [6.07, 6.45) is 1.69. The normalized spacial score (nSPS) is 15.3. The zero-order valence-electron chi connectivity index (χ0n) is 15.9. The lowest BCUT2D eigenvalue weighted by atomic mass is 9.93. The van der Waals surface area contributed by atoms with Crippen LogP contribution >= 0.6 is 0 Å². The van der Waals surface area contributed by atoms with Crippen molar-refractivity contribution < 1.29 is 23.7 Å². The monoisotopic (exact) mass is 406 g/mol. The molecule has 0 aliphatic carbocycles. The fourth-order valence-electron chi connectivity index (χ4n) is 3.54. The standard InChI is InChI=1S/C22H18N2O6/c25-21(20-10-5-11-29-20)23-13-16-7-2-1-6-15(16)12-19(23)22(26)30-14-17-8-3-4-9-18(17)24(27)28/h1-11,19H,12-14H2/t19-/m0/s1. The Bertz CT molecular complexity index is 1090. The van der Waals surface area contributed by atoms with Crippen molar-refractivity contribution in [2.45, 2.75) is 25.6 Å². The molecule has 0 spiro atoms. The molecule has 1 aromatic heterocycles. The van der Waals surface area contributed by atoms with Gasteiger partial charge in [-0.3, -0.25) is 14.9 Å². The zero-order valence-corrected chi connectivity index (χ0v) is 15.9. The third-order valence-corrected chi connectivity index (χ3v) is 5.07. The molecule has 1 aliphatic heterocycles. The van der Waals surface area contributed by atoms with Gasteiger partial charge in [-0.25, -0.2) is 4.79 Å². The molecule has 1 amide bonds. The molecule has 1 aliphatic rings. The maximum atomic E-state index is 12.9. The molecule has 2 heterocycles. The Kier molecular flexibility index (Phi) is 5.30. The zero-order chi connectivity index (χ0) is 21.1. The molecule has 3 aromatic rings. The van der Waals surface area contributed by atoms with Crippen LogP contribution in [0.4, 0.5) is 5.69 Å². The van der Waals surface area contributed by atoms with Gasteiger partial charge in [0.05, 0.1) is 16.7 Å². The number of esters is 1. The molecule has 2 aromatic carbocycles. The van der Waals surface area contributed by atoms with E-state index in [-0.39, 0.29) is 30.2 Å². The van der Waals surface area contributed by atoms with Crippen LogP contribution in [0, 0.1) is 10.1 Å². The number of furan rings is 1. The smallest absolute Gasteiger partial charge is 0.329 e. The van der Waals surface area contributed by atoms with Gasteiger partial charge in [0.25, 0.3) is 11.6 Å². The molecule has 4 rings (SSSR count). The van der Waals surface area contributed by atoms with Crippen LogP contribution in [0.2, 0.25) is 0 Å². The molecule has 0 saturated heterocycles. The van der Waals surface area contributed by atoms with Crippen LogP contribution in [0.25, 0.3) is 0 Å². The number of hydrogen-bond acceptors (Lipinski definition) is 6. The summed E-state index contributed by atoms with van der Waals surface area (Å²) in [5.41, 5.74) is 2.06. The number of rotatable bonds is 5. The first-order chi connectivity index (χ1) is 14.5. The fraction of sp³-hybridized carbons (Fsp3) is 0.182. The predicted molar refractivity (Wildman–Crippen MR) is 105 cm³/mol. The van der Waals surface area contributed by atoms with Crippen molar-refractivity contribution >= 4 is 17.6 Å². The van der Waals surface area contributed by atoms with Gasteiger partial charge in [-0.1, -0.05) is 36.4 Å². The number of hydrogen-bond donors (Lipinski definition) is 0. The quantitative estimate of drug-likeness (QED) is 0.365. The molecule has 0 radical (unpaired) electrons. The SMILES string of the molecule is O=C(OCc1ccccc1[N+](=O)[O-])[C@@H]1Cc2ccccc2CN1C(=O)c1ccco1. The van der Waals surface area contributed by atoms with Crippen LogP contribution < -0.4 is 0 Å².